The molecule has 0 saturated heterocycles. The summed E-state index contributed by atoms with van der Waals surface area (Å²) >= 11 is 0. The van der Waals surface area contributed by atoms with Crippen molar-refractivity contribution in [2.75, 3.05) is 0 Å². The van der Waals surface area contributed by atoms with E-state index in [9.17, 15) is 26.4 Å². The molecule has 2 rings (SSSR count). The second-order valence-electron chi connectivity index (χ2n) is 4.97. The van der Waals surface area contributed by atoms with Crippen LogP contribution in [0.5, 0.6) is 0 Å². The molecule has 0 bridgehead atoms. The minimum atomic E-state index is -4.68. The third kappa shape index (κ3) is 2.88. The van der Waals surface area contributed by atoms with Crippen molar-refractivity contribution in [1.82, 2.24) is 4.72 Å². The summed E-state index contributed by atoms with van der Waals surface area (Å²) in [6.07, 6.45) is -5.33. The number of aromatic carboxylic acids is 1. The van der Waals surface area contributed by atoms with Gasteiger partial charge in [0, 0.05) is 0 Å². The molecular weight excluding hydrogens is 311 g/mol. The van der Waals surface area contributed by atoms with Gasteiger partial charge >= 0.3 is 12.1 Å². The summed E-state index contributed by atoms with van der Waals surface area (Å²) < 4.78 is 64.1. The molecule has 0 aromatic heterocycles. The van der Waals surface area contributed by atoms with Gasteiger partial charge in [0.15, 0.2) is 0 Å². The molecule has 0 atom stereocenters. The highest BCUT2D eigenvalue weighted by Crippen LogP contribution is 2.49. The Kier molecular flexibility index (Phi) is 3.53. The topological polar surface area (TPSA) is 83.5 Å². The predicted octanol–water partition coefficient (Wildman–Crippen LogP) is 2.07. The summed E-state index contributed by atoms with van der Waals surface area (Å²) in [5.41, 5.74) is -2.38. The average Bonchev–Trinajstić information content (AvgIpc) is 3.08. The van der Waals surface area contributed by atoms with Gasteiger partial charge in [0.25, 0.3) is 0 Å². The standard InChI is InChI=1S/C12H12F3NO4S/c1-7-2-3-8(6-9(7)10(17)18)21(19,20)16-11(4-5-11)12(13,14)15/h2-3,6,16H,4-5H2,1H3,(H,17,18). The maximum atomic E-state index is 12.8. The molecule has 0 radical (unpaired) electrons. The molecule has 0 heterocycles. The summed E-state index contributed by atoms with van der Waals surface area (Å²) in [5.74, 6) is -1.35. The predicted molar refractivity (Wildman–Crippen MR) is 66.5 cm³/mol. The van der Waals surface area contributed by atoms with Crippen LogP contribution < -0.4 is 4.72 Å². The van der Waals surface area contributed by atoms with E-state index in [1.807, 2.05) is 0 Å². The summed E-state index contributed by atoms with van der Waals surface area (Å²) in [4.78, 5) is 10.5. The van der Waals surface area contributed by atoms with Gasteiger partial charge in [-0.15, -0.1) is 0 Å². The van der Waals surface area contributed by atoms with Crippen molar-refractivity contribution in [3.63, 3.8) is 0 Å². The van der Waals surface area contributed by atoms with Gasteiger partial charge in [-0.2, -0.15) is 17.9 Å². The Morgan fingerprint density at radius 3 is 2.33 bits per heavy atom. The van der Waals surface area contributed by atoms with E-state index < -0.39 is 32.6 Å². The van der Waals surface area contributed by atoms with Gasteiger partial charge in [0.2, 0.25) is 10.0 Å². The van der Waals surface area contributed by atoms with E-state index in [0.29, 0.717) is 5.56 Å². The highest BCUT2D eigenvalue weighted by Gasteiger charge is 2.65. The van der Waals surface area contributed by atoms with Crippen LogP contribution in [0.1, 0.15) is 28.8 Å². The molecule has 5 nitrogen and oxygen atoms in total. The number of aryl methyl sites for hydroxylation is 1. The summed E-state index contributed by atoms with van der Waals surface area (Å²) in [6, 6.07) is 3.17. The van der Waals surface area contributed by atoms with Crippen molar-refractivity contribution >= 4 is 16.0 Å². The smallest absolute Gasteiger partial charge is 0.407 e. The first-order chi connectivity index (χ1) is 9.48. The summed E-state index contributed by atoms with van der Waals surface area (Å²) in [6.45, 7) is 1.46. The van der Waals surface area contributed by atoms with E-state index in [4.69, 9.17) is 5.11 Å². The number of benzene rings is 1. The lowest BCUT2D eigenvalue weighted by atomic mass is 10.1. The lowest BCUT2D eigenvalue weighted by molar-refractivity contribution is -0.160. The molecule has 116 valence electrons. The maximum Gasteiger partial charge on any atom is 0.407 e. The molecule has 1 fully saturated rings. The third-order valence-electron chi connectivity index (χ3n) is 3.37. The van der Waals surface area contributed by atoms with Crippen molar-refractivity contribution in [3.05, 3.63) is 29.3 Å². The number of carboxylic acid groups (broad SMARTS) is 1. The number of nitrogens with one attached hydrogen (secondary N) is 1. The molecule has 2 N–H and O–H groups in total. The molecule has 1 aliphatic rings. The lowest BCUT2D eigenvalue weighted by Crippen LogP contribution is -2.47. The fourth-order valence-corrected chi connectivity index (χ4v) is 3.36. The Labute approximate surface area is 118 Å². The molecular formula is C12H12F3NO4S. The Bertz CT molecular complexity index is 693. The molecule has 9 heteroatoms. The quantitative estimate of drug-likeness (QED) is 0.888. The number of alkyl halides is 3. The van der Waals surface area contributed by atoms with Crippen molar-refractivity contribution in [3.8, 4) is 0 Å². The molecule has 0 spiro atoms. The van der Waals surface area contributed by atoms with Crippen LogP contribution in [0.25, 0.3) is 0 Å². The minimum absolute atomic E-state index is 0.269. The Balaban J connectivity index is 2.38. The van der Waals surface area contributed by atoms with Crippen molar-refractivity contribution in [2.45, 2.75) is 36.4 Å². The fraction of sp³-hybridized carbons (Fsp3) is 0.417. The number of sulfonamides is 1. The minimum Gasteiger partial charge on any atom is -0.478 e. The highest BCUT2D eigenvalue weighted by molar-refractivity contribution is 7.89. The van der Waals surface area contributed by atoms with E-state index in [2.05, 4.69) is 0 Å². The van der Waals surface area contributed by atoms with E-state index in [0.717, 1.165) is 12.1 Å². The molecule has 21 heavy (non-hydrogen) atoms. The molecule has 1 aromatic carbocycles. The van der Waals surface area contributed by atoms with E-state index >= 15 is 0 Å². The zero-order chi connectivity index (χ0) is 16.1. The maximum absolute atomic E-state index is 12.8. The molecule has 1 saturated carbocycles. The van der Waals surface area contributed by atoms with Gasteiger partial charge in [-0.05, 0) is 37.5 Å². The molecule has 1 aliphatic carbocycles. The van der Waals surface area contributed by atoms with Gasteiger partial charge in [-0.3, -0.25) is 0 Å². The van der Waals surface area contributed by atoms with Gasteiger partial charge in [-0.1, -0.05) is 6.07 Å². The SMILES string of the molecule is Cc1ccc(S(=O)(=O)NC2(C(F)(F)F)CC2)cc1C(=O)O. The van der Waals surface area contributed by atoms with Gasteiger partial charge < -0.3 is 5.11 Å². The fourth-order valence-electron chi connectivity index (χ4n) is 1.88. The van der Waals surface area contributed by atoms with Crippen LogP contribution in [0.4, 0.5) is 13.2 Å². The number of carboxylic acids is 1. The van der Waals surface area contributed by atoms with E-state index in [1.165, 1.54) is 13.0 Å². The Morgan fingerprint density at radius 2 is 1.90 bits per heavy atom. The van der Waals surface area contributed by atoms with Crippen LogP contribution in [-0.2, 0) is 10.0 Å². The number of halogens is 3. The third-order valence-corrected chi connectivity index (χ3v) is 4.91. The van der Waals surface area contributed by atoms with Crippen molar-refractivity contribution < 1.29 is 31.5 Å². The Morgan fingerprint density at radius 1 is 1.33 bits per heavy atom. The van der Waals surface area contributed by atoms with Crippen molar-refractivity contribution in [1.29, 1.82) is 0 Å². The summed E-state index contributed by atoms with van der Waals surface area (Å²) in [5, 5.41) is 8.93. The number of hydrogen-bond donors (Lipinski definition) is 2. The Hall–Kier alpha value is -1.61. The van der Waals surface area contributed by atoms with Gasteiger partial charge in [0.1, 0.15) is 5.54 Å². The zero-order valence-corrected chi connectivity index (χ0v) is 11.7. The first kappa shape index (κ1) is 15.8. The number of carbonyl (C=O) groups is 1. The van der Waals surface area contributed by atoms with E-state index in [1.54, 1.807) is 4.72 Å². The van der Waals surface area contributed by atoms with Crippen LogP contribution in [0.3, 0.4) is 0 Å². The van der Waals surface area contributed by atoms with Crippen molar-refractivity contribution in [2.24, 2.45) is 0 Å². The number of hydrogen-bond acceptors (Lipinski definition) is 3. The zero-order valence-electron chi connectivity index (χ0n) is 10.9. The first-order valence-corrected chi connectivity index (χ1v) is 7.41. The van der Waals surface area contributed by atoms with Gasteiger partial charge in [0.05, 0.1) is 10.5 Å². The number of rotatable bonds is 4. The molecule has 0 amide bonds. The summed E-state index contributed by atoms with van der Waals surface area (Å²) in [7, 11) is -4.44. The van der Waals surface area contributed by atoms with Gasteiger partial charge in [-0.25, -0.2) is 13.2 Å². The van der Waals surface area contributed by atoms with Crippen LogP contribution in [-0.4, -0.2) is 31.2 Å². The first-order valence-electron chi connectivity index (χ1n) is 5.93. The second-order valence-corrected chi connectivity index (χ2v) is 6.65. The van der Waals surface area contributed by atoms with Crippen LogP contribution >= 0.6 is 0 Å². The molecule has 0 aliphatic heterocycles. The highest BCUT2D eigenvalue weighted by atomic mass is 32.2. The van der Waals surface area contributed by atoms with Crippen LogP contribution in [0, 0.1) is 6.92 Å². The second kappa shape index (κ2) is 4.70. The average molecular weight is 323 g/mol. The molecule has 0 unspecified atom stereocenters. The van der Waals surface area contributed by atoms with Crippen LogP contribution in [0.15, 0.2) is 23.1 Å². The largest absolute Gasteiger partial charge is 0.478 e. The lowest BCUT2D eigenvalue weighted by Gasteiger charge is -2.20. The molecule has 1 aromatic rings. The van der Waals surface area contributed by atoms with Crippen LogP contribution in [0.2, 0.25) is 0 Å². The van der Waals surface area contributed by atoms with E-state index in [-0.39, 0.29) is 18.4 Å². The monoisotopic (exact) mass is 323 g/mol. The normalized spacial score (nSPS) is 17.5.